The Hall–Kier alpha value is -2.30. The highest BCUT2D eigenvalue weighted by Gasteiger charge is 2.30. The number of carbonyl (C=O) groups excluding carboxylic acids is 2. The topological polar surface area (TPSA) is 64.6 Å². The van der Waals surface area contributed by atoms with Gasteiger partial charge in [-0.3, -0.25) is 0 Å². The van der Waals surface area contributed by atoms with Gasteiger partial charge in [-0.2, -0.15) is 0 Å². The van der Waals surface area contributed by atoms with Gasteiger partial charge in [-0.1, -0.05) is 60.3 Å². The van der Waals surface area contributed by atoms with Crippen LogP contribution in [-0.2, 0) is 9.53 Å². The molecular weight excluding hydrogens is 354 g/mol. The first-order valence-corrected chi connectivity index (χ1v) is 10.0. The van der Waals surface area contributed by atoms with Crippen molar-refractivity contribution in [2.24, 2.45) is 23.7 Å². The minimum Gasteiger partial charge on any atom is -0.461 e. The molecule has 0 aliphatic heterocycles. The first-order valence-electron chi connectivity index (χ1n) is 10.0. The van der Waals surface area contributed by atoms with E-state index >= 15 is 0 Å². The Morgan fingerprint density at radius 3 is 2.07 bits per heavy atom. The van der Waals surface area contributed by atoms with Crippen molar-refractivity contribution in [3.05, 3.63) is 42.5 Å². The smallest absolute Gasteiger partial charge is 0.412 e. The fourth-order valence-electron chi connectivity index (χ4n) is 3.92. The van der Waals surface area contributed by atoms with Crippen LogP contribution >= 0.6 is 0 Å². The number of carbonyl (C=O) groups is 2. The Balaban J connectivity index is 0.00000784. The summed E-state index contributed by atoms with van der Waals surface area (Å²) in [5.74, 6) is 2.68. The number of hydrogen-bond acceptors (Lipinski definition) is 4. The zero-order valence-electron chi connectivity index (χ0n) is 18.0. The Bertz CT molecular complexity index is 633. The molecule has 28 heavy (non-hydrogen) atoms. The maximum Gasteiger partial charge on any atom is 0.412 e. The molecular formula is C23H37NO4. The van der Waals surface area contributed by atoms with Crippen LogP contribution in [0.1, 0.15) is 54.5 Å². The normalized spacial score (nSPS) is 12.4. The highest BCUT2D eigenvalue weighted by Crippen LogP contribution is 2.41. The van der Waals surface area contributed by atoms with Crippen molar-refractivity contribution in [1.82, 2.24) is 5.32 Å². The molecule has 0 fully saturated rings. The number of ether oxygens (including phenoxy) is 2. The molecule has 1 aromatic rings. The molecule has 1 N–H and O–H groups in total. The molecule has 158 valence electrons. The molecule has 1 aromatic carbocycles. The van der Waals surface area contributed by atoms with Crippen molar-refractivity contribution in [2.45, 2.75) is 47.5 Å². The summed E-state index contributed by atoms with van der Waals surface area (Å²) in [6.45, 7) is 17.2. The van der Waals surface area contributed by atoms with Crippen LogP contribution in [0.2, 0.25) is 0 Å². The van der Waals surface area contributed by atoms with E-state index in [-0.39, 0.29) is 14.6 Å². The predicted octanol–water partition coefficient (Wildman–Crippen LogP) is 5.42. The Labute approximate surface area is 171 Å². The van der Waals surface area contributed by atoms with E-state index in [4.69, 9.17) is 9.47 Å². The maximum absolute atomic E-state index is 11.8. The number of benzene rings is 1. The molecule has 1 atom stereocenters. The van der Waals surface area contributed by atoms with Crippen molar-refractivity contribution in [1.29, 1.82) is 0 Å². The van der Waals surface area contributed by atoms with Crippen molar-refractivity contribution in [3.8, 4) is 5.75 Å². The summed E-state index contributed by atoms with van der Waals surface area (Å²) in [4.78, 5) is 22.8. The van der Waals surface area contributed by atoms with Gasteiger partial charge in [0.05, 0.1) is 6.54 Å². The highest BCUT2D eigenvalue weighted by molar-refractivity contribution is 5.81. The monoisotopic (exact) mass is 391 g/mol. The Morgan fingerprint density at radius 2 is 1.61 bits per heavy atom. The average Bonchev–Trinajstić information content (AvgIpc) is 2.62. The second-order valence-electron chi connectivity index (χ2n) is 8.09. The molecule has 0 saturated heterocycles. The lowest BCUT2D eigenvalue weighted by molar-refractivity contribution is -0.137. The van der Waals surface area contributed by atoms with Crippen LogP contribution in [0.15, 0.2) is 36.9 Å². The summed E-state index contributed by atoms with van der Waals surface area (Å²) in [5, 5.41) is 2.54. The summed E-state index contributed by atoms with van der Waals surface area (Å²) in [6, 6.07) is 7.77. The quantitative estimate of drug-likeness (QED) is 0.329. The van der Waals surface area contributed by atoms with Gasteiger partial charge in [-0.15, -0.1) is 0 Å². The van der Waals surface area contributed by atoms with E-state index in [1.807, 2.05) is 12.1 Å². The second-order valence-corrected chi connectivity index (χ2v) is 8.09. The fourth-order valence-corrected chi connectivity index (χ4v) is 3.92. The minimum absolute atomic E-state index is 0. The zero-order valence-corrected chi connectivity index (χ0v) is 18.0. The van der Waals surface area contributed by atoms with Gasteiger partial charge in [0.2, 0.25) is 0 Å². The van der Waals surface area contributed by atoms with Gasteiger partial charge < -0.3 is 14.8 Å². The lowest BCUT2D eigenvalue weighted by Crippen LogP contribution is -2.30. The van der Waals surface area contributed by atoms with E-state index in [1.54, 1.807) is 0 Å². The van der Waals surface area contributed by atoms with E-state index < -0.39 is 12.1 Å². The molecule has 5 nitrogen and oxygen atoms in total. The van der Waals surface area contributed by atoms with Crippen LogP contribution in [0.3, 0.4) is 0 Å². The number of amides is 1. The van der Waals surface area contributed by atoms with E-state index in [1.165, 1.54) is 5.56 Å². The van der Waals surface area contributed by atoms with E-state index in [0.717, 1.165) is 6.08 Å². The maximum atomic E-state index is 11.8. The summed E-state index contributed by atoms with van der Waals surface area (Å²) < 4.78 is 10.1. The van der Waals surface area contributed by atoms with E-state index in [9.17, 15) is 9.59 Å². The van der Waals surface area contributed by atoms with Gasteiger partial charge in [0.25, 0.3) is 0 Å². The first kappa shape index (κ1) is 23.7. The number of nitrogens with one attached hydrogen (secondary N) is 1. The number of rotatable bonds is 10. The summed E-state index contributed by atoms with van der Waals surface area (Å²) in [5.41, 5.74) is 1.27. The molecule has 1 unspecified atom stereocenters. The van der Waals surface area contributed by atoms with Crippen molar-refractivity contribution in [3.63, 3.8) is 0 Å². The predicted molar refractivity (Wildman–Crippen MR) is 114 cm³/mol. The van der Waals surface area contributed by atoms with Crippen LogP contribution in [0.4, 0.5) is 4.79 Å². The fraction of sp³-hybridized carbons (Fsp3) is 0.565. The van der Waals surface area contributed by atoms with Crippen LogP contribution in [0.5, 0.6) is 5.75 Å². The van der Waals surface area contributed by atoms with Gasteiger partial charge in [0.1, 0.15) is 12.4 Å². The summed E-state index contributed by atoms with van der Waals surface area (Å²) in [7, 11) is 0. The zero-order chi connectivity index (χ0) is 21.3. The molecule has 0 spiro atoms. The Kier molecular flexibility index (Phi) is 9.77. The van der Waals surface area contributed by atoms with Crippen molar-refractivity contribution in [2.75, 3.05) is 13.2 Å². The third-order valence-electron chi connectivity index (χ3n) is 4.93. The minimum atomic E-state index is -0.579. The largest absolute Gasteiger partial charge is 0.461 e. The highest BCUT2D eigenvalue weighted by atomic mass is 16.6. The molecule has 1 rings (SSSR count). The van der Waals surface area contributed by atoms with E-state index in [2.05, 4.69) is 65.6 Å². The van der Waals surface area contributed by atoms with Gasteiger partial charge in [-0.25, -0.2) is 9.59 Å². The second kappa shape index (κ2) is 11.5. The average molecular weight is 392 g/mol. The molecule has 5 heteroatoms. The third-order valence-corrected chi connectivity index (χ3v) is 4.93. The molecule has 0 radical (unpaired) electrons. The summed E-state index contributed by atoms with van der Waals surface area (Å²) >= 11 is 0. The Morgan fingerprint density at radius 1 is 1.04 bits per heavy atom. The first-order chi connectivity index (χ1) is 13.2. The van der Waals surface area contributed by atoms with Crippen molar-refractivity contribution < 1.29 is 20.5 Å². The van der Waals surface area contributed by atoms with Crippen LogP contribution < -0.4 is 10.1 Å². The standard InChI is InChI=1S/C23H35NO4.H2/c1-8-20(25)27-14-13-24-23(26)28-19-11-9-18(10-12-19)22(17(6)7)21(15(2)3)16(4)5;/h8-12,15-17,21-22H,1,13-14H2,2-7H3,(H,24,26);1H. The van der Waals surface area contributed by atoms with Gasteiger partial charge >= 0.3 is 12.1 Å². The number of hydrogen-bond donors (Lipinski definition) is 1. The lowest BCUT2D eigenvalue weighted by Gasteiger charge is -2.36. The molecule has 0 heterocycles. The van der Waals surface area contributed by atoms with Crippen LogP contribution in [0, 0.1) is 23.7 Å². The van der Waals surface area contributed by atoms with E-state index in [0.29, 0.717) is 35.3 Å². The number of esters is 1. The van der Waals surface area contributed by atoms with Gasteiger partial charge in [0.15, 0.2) is 0 Å². The molecule has 1 amide bonds. The van der Waals surface area contributed by atoms with Crippen LogP contribution in [0.25, 0.3) is 0 Å². The molecule has 0 bridgehead atoms. The van der Waals surface area contributed by atoms with Crippen molar-refractivity contribution >= 4 is 12.1 Å². The SMILES string of the molecule is C=CC(=O)OCCNC(=O)Oc1ccc(C(C(C)C)C(C(C)C)C(C)C)cc1.[HH]. The lowest BCUT2D eigenvalue weighted by atomic mass is 9.68. The van der Waals surface area contributed by atoms with Gasteiger partial charge in [0, 0.05) is 7.50 Å². The summed E-state index contributed by atoms with van der Waals surface area (Å²) in [6.07, 6.45) is 0.498. The molecule has 0 aliphatic rings. The molecule has 0 saturated carbocycles. The van der Waals surface area contributed by atoms with Gasteiger partial charge in [-0.05, 0) is 47.3 Å². The van der Waals surface area contributed by atoms with Crippen LogP contribution in [-0.4, -0.2) is 25.2 Å². The molecule has 0 aromatic heterocycles. The third kappa shape index (κ3) is 7.37. The molecule has 0 aliphatic carbocycles.